The molecule has 0 bridgehead atoms. The Kier molecular flexibility index (Phi) is 6.01. The summed E-state index contributed by atoms with van der Waals surface area (Å²) in [6.07, 6.45) is 0.736. The summed E-state index contributed by atoms with van der Waals surface area (Å²) in [5.74, 6) is 0.290. The van der Waals surface area contributed by atoms with Gasteiger partial charge < -0.3 is 9.64 Å². The summed E-state index contributed by atoms with van der Waals surface area (Å²) in [7, 11) is -3.63. The van der Waals surface area contributed by atoms with Crippen LogP contribution in [0.2, 0.25) is 0 Å². The van der Waals surface area contributed by atoms with E-state index in [9.17, 15) is 18.0 Å². The van der Waals surface area contributed by atoms with Crippen molar-refractivity contribution in [1.29, 1.82) is 0 Å². The summed E-state index contributed by atoms with van der Waals surface area (Å²) in [5.41, 5.74) is 0.530. The van der Waals surface area contributed by atoms with Crippen molar-refractivity contribution in [2.45, 2.75) is 4.90 Å². The van der Waals surface area contributed by atoms with Crippen LogP contribution in [0.3, 0.4) is 0 Å². The number of aldehydes is 1. The van der Waals surface area contributed by atoms with Gasteiger partial charge in [0.05, 0.1) is 4.90 Å². The van der Waals surface area contributed by atoms with E-state index < -0.39 is 10.0 Å². The van der Waals surface area contributed by atoms with Crippen LogP contribution < -0.4 is 4.74 Å². The Morgan fingerprint density at radius 3 is 2.26 bits per heavy atom. The van der Waals surface area contributed by atoms with E-state index in [1.165, 1.54) is 4.31 Å². The van der Waals surface area contributed by atoms with Crippen LogP contribution in [0.1, 0.15) is 10.4 Å². The second kappa shape index (κ2) is 8.87. The fraction of sp³-hybridized carbons (Fsp3) is 0.217. The van der Waals surface area contributed by atoms with Gasteiger partial charge in [-0.15, -0.1) is 0 Å². The van der Waals surface area contributed by atoms with Crippen LogP contribution in [-0.2, 0) is 14.8 Å². The van der Waals surface area contributed by atoms with Gasteiger partial charge in [-0.05, 0) is 47.2 Å². The standard InChI is InChI=1S/C23H22N2O5S/c26-16-18-5-8-21(9-6-18)30-17-23(27)24-11-13-25(14-12-24)31(28,29)22-10-7-19-3-1-2-4-20(19)15-22/h1-10,15-16H,11-14,17H2. The molecule has 0 aliphatic carbocycles. The first-order valence-electron chi connectivity index (χ1n) is 9.92. The lowest BCUT2D eigenvalue weighted by molar-refractivity contribution is -0.134. The maximum absolute atomic E-state index is 13.0. The van der Waals surface area contributed by atoms with Crippen molar-refractivity contribution in [1.82, 2.24) is 9.21 Å². The van der Waals surface area contributed by atoms with Crippen LogP contribution in [0.5, 0.6) is 5.75 Å². The van der Waals surface area contributed by atoms with Crippen molar-refractivity contribution in [3.05, 3.63) is 72.3 Å². The lowest BCUT2D eigenvalue weighted by Gasteiger charge is -2.34. The third-order valence-electron chi connectivity index (χ3n) is 5.33. The zero-order valence-corrected chi connectivity index (χ0v) is 17.6. The molecular formula is C23H22N2O5S. The van der Waals surface area contributed by atoms with E-state index in [4.69, 9.17) is 4.74 Å². The number of piperazine rings is 1. The largest absolute Gasteiger partial charge is 0.484 e. The van der Waals surface area contributed by atoms with Crippen LogP contribution in [0.15, 0.2) is 71.6 Å². The Morgan fingerprint density at radius 2 is 1.58 bits per heavy atom. The number of ether oxygens (including phenoxy) is 1. The summed E-state index contributed by atoms with van der Waals surface area (Å²) >= 11 is 0. The van der Waals surface area contributed by atoms with Gasteiger partial charge in [0.15, 0.2) is 6.61 Å². The molecule has 3 aromatic rings. The Morgan fingerprint density at radius 1 is 0.903 bits per heavy atom. The fourth-order valence-corrected chi connectivity index (χ4v) is 4.99. The van der Waals surface area contributed by atoms with Gasteiger partial charge in [0.1, 0.15) is 12.0 Å². The van der Waals surface area contributed by atoms with Gasteiger partial charge in [-0.2, -0.15) is 4.31 Å². The van der Waals surface area contributed by atoms with E-state index in [-0.39, 0.29) is 30.5 Å². The summed E-state index contributed by atoms with van der Waals surface area (Å²) in [5, 5.41) is 1.85. The Balaban J connectivity index is 1.35. The molecule has 1 heterocycles. The molecule has 1 aliphatic rings. The first kappa shape index (κ1) is 21.0. The molecule has 0 spiro atoms. The second-order valence-electron chi connectivity index (χ2n) is 7.27. The van der Waals surface area contributed by atoms with Gasteiger partial charge in [-0.25, -0.2) is 8.42 Å². The first-order chi connectivity index (χ1) is 15.0. The number of benzene rings is 3. The Bertz CT molecular complexity index is 1200. The molecule has 1 amide bonds. The molecule has 1 aliphatic heterocycles. The van der Waals surface area contributed by atoms with Crippen LogP contribution >= 0.6 is 0 Å². The summed E-state index contributed by atoms with van der Waals surface area (Å²) in [4.78, 5) is 25.0. The molecule has 1 fully saturated rings. The normalized spacial score (nSPS) is 15.0. The van der Waals surface area contributed by atoms with Crippen LogP contribution in [0.4, 0.5) is 0 Å². The molecular weight excluding hydrogens is 416 g/mol. The summed E-state index contributed by atoms with van der Waals surface area (Å²) < 4.78 is 33.0. The van der Waals surface area contributed by atoms with Gasteiger partial charge in [-0.3, -0.25) is 9.59 Å². The molecule has 7 nitrogen and oxygen atoms in total. The smallest absolute Gasteiger partial charge is 0.260 e. The third-order valence-corrected chi connectivity index (χ3v) is 7.22. The molecule has 0 N–H and O–H groups in total. The second-order valence-corrected chi connectivity index (χ2v) is 9.21. The average molecular weight is 439 g/mol. The molecule has 0 aromatic heterocycles. The topological polar surface area (TPSA) is 84.0 Å². The van der Waals surface area contributed by atoms with E-state index in [1.807, 2.05) is 24.3 Å². The number of amides is 1. The van der Waals surface area contributed by atoms with Crippen molar-refractivity contribution < 1.29 is 22.7 Å². The average Bonchev–Trinajstić information content (AvgIpc) is 2.82. The Hall–Kier alpha value is -3.23. The van der Waals surface area contributed by atoms with Crippen molar-refractivity contribution in [2.24, 2.45) is 0 Å². The fourth-order valence-electron chi connectivity index (χ4n) is 3.53. The van der Waals surface area contributed by atoms with Crippen LogP contribution in [0.25, 0.3) is 10.8 Å². The zero-order valence-electron chi connectivity index (χ0n) is 16.8. The quantitative estimate of drug-likeness (QED) is 0.553. The van der Waals surface area contributed by atoms with Crippen molar-refractivity contribution in [3.8, 4) is 5.75 Å². The summed E-state index contributed by atoms with van der Waals surface area (Å²) in [6, 6.07) is 19.2. The predicted octanol–water partition coefficient (Wildman–Crippen LogP) is 2.56. The molecule has 0 unspecified atom stereocenters. The SMILES string of the molecule is O=Cc1ccc(OCC(=O)N2CCN(S(=O)(=O)c3ccc4ccccc4c3)CC2)cc1. The minimum atomic E-state index is -3.63. The molecule has 4 rings (SSSR count). The lowest BCUT2D eigenvalue weighted by atomic mass is 10.1. The van der Waals surface area contributed by atoms with Crippen molar-refractivity contribution in [3.63, 3.8) is 0 Å². The highest BCUT2D eigenvalue weighted by Gasteiger charge is 2.30. The number of sulfonamides is 1. The van der Waals surface area contributed by atoms with E-state index in [0.717, 1.165) is 17.1 Å². The number of carbonyl (C=O) groups is 2. The van der Waals surface area contributed by atoms with Gasteiger partial charge in [0.25, 0.3) is 5.91 Å². The van der Waals surface area contributed by atoms with Crippen molar-refractivity contribution >= 4 is 33.0 Å². The minimum Gasteiger partial charge on any atom is -0.484 e. The molecule has 3 aromatic carbocycles. The molecule has 0 atom stereocenters. The molecule has 8 heteroatoms. The Labute approximate surface area is 180 Å². The number of nitrogens with zero attached hydrogens (tertiary/aromatic N) is 2. The monoisotopic (exact) mass is 438 g/mol. The molecule has 1 saturated heterocycles. The van der Waals surface area contributed by atoms with Gasteiger partial charge >= 0.3 is 0 Å². The molecule has 160 valence electrons. The van der Waals surface area contributed by atoms with E-state index >= 15 is 0 Å². The molecule has 0 radical (unpaired) electrons. The number of hydrogen-bond acceptors (Lipinski definition) is 5. The predicted molar refractivity (Wildman–Crippen MR) is 117 cm³/mol. The van der Waals surface area contributed by atoms with Crippen molar-refractivity contribution in [2.75, 3.05) is 32.8 Å². The highest BCUT2D eigenvalue weighted by Crippen LogP contribution is 2.23. The zero-order chi connectivity index (χ0) is 21.8. The highest BCUT2D eigenvalue weighted by atomic mass is 32.2. The van der Waals surface area contributed by atoms with E-state index in [2.05, 4.69) is 0 Å². The highest BCUT2D eigenvalue weighted by molar-refractivity contribution is 7.89. The van der Waals surface area contributed by atoms with Crippen LogP contribution in [0, 0.1) is 0 Å². The molecule has 0 saturated carbocycles. The third kappa shape index (κ3) is 4.60. The number of hydrogen-bond donors (Lipinski definition) is 0. The summed E-state index contributed by atoms with van der Waals surface area (Å²) in [6.45, 7) is 0.930. The lowest BCUT2D eigenvalue weighted by Crippen LogP contribution is -2.51. The maximum atomic E-state index is 13.0. The first-order valence-corrected chi connectivity index (χ1v) is 11.4. The van der Waals surface area contributed by atoms with E-state index in [1.54, 1.807) is 47.4 Å². The number of rotatable bonds is 6. The number of fused-ring (bicyclic) bond motifs is 1. The van der Waals surface area contributed by atoms with Crippen LogP contribution in [-0.4, -0.2) is 62.6 Å². The van der Waals surface area contributed by atoms with Gasteiger partial charge in [0.2, 0.25) is 10.0 Å². The molecule has 31 heavy (non-hydrogen) atoms. The maximum Gasteiger partial charge on any atom is 0.260 e. The minimum absolute atomic E-state index is 0.141. The van der Waals surface area contributed by atoms with Gasteiger partial charge in [0, 0.05) is 31.7 Å². The van der Waals surface area contributed by atoms with E-state index in [0.29, 0.717) is 24.4 Å². The number of carbonyl (C=O) groups excluding carboxylic acids is 2. The van der Waals surface area contributed by atoms with Gasteiger partial charge in [-0.1, -0.05) is 30.3 Å².